The number of carbonyl (C=O) groups excluding carboxylic acids is 1. The highest BCUT2D eigenvalue weighted by Gasteiger charge is 2.22. The van der Waals surface area contributed by atoms with Gasteiger partial charge in [0.15, 0.2) is 0 Å². The van der Waals surface area contributed by atoms with E-state index in [0.717, 1.165) is 59.7 Å². The third-order valence-electron chi connectivity index (χ3n) is 7.01. The van der Waals surface area contributed by atoms with Crippen LogP contribution in [0.2, 0.25) is 0 Å². The van der Waals surface area contributed by atoms with Gasteiger partial charge in [-0.1, -0.05) is 49.2 Å². The number of aromatic amines is 1. The predicted molar refractivity (Wildman–Crippen MR) is 136 cm³/mol. The molecular formula is C27H33N5O. The van der Waals surface area contributed by atoms with Gasteiger partial charge in [0.2, 0.25) is 5.91 Å². The molecule has 5 rings (SSSR count). The van der Waals surface area contributed by atoms with Gasteiger partial charge in [-0.3, -0.25) is 9.89 Å². The summed E-state index contributed by atoms with van der Waals surface area (Å²) < 4.78 is 0. The van der Waals surface area contributed by atoms with Gasteiger partial charge in [0.05, 0.1) is 22.6 Å². The number of amides is 1. The molecule has 1 aliphatic heterocycles. The molecular weight excluding hydrogens is 410 g/mol. The van der Waals surface area contributed by atoms with Gasteiger partial charge in [-0.25, -0.2) is 0 Å². The van der Waals surface area contributed by atoms with Crippen molar-refractivity contribution in [3.05, 3.63) is 53.7 Å². The zero-order valence-corrected chi connectivity index (χ0v) is 19.4. The number of anilines is 2. The Morgan fingerprint density at radius 1 is 1.09 bits per heavy atom. The van der Waals surface area contributed by atoms with Crippen molar-refractivity contribution in [1.29, 1.82) is 0 Å². The summed E-state index contributed by atoms with van der Waals surface area (Å²) in [6.45, 7) is 3.92. The molecule has 3 aromatic rings. The molecule has 1 aromatic heterocycles. The van der Waals surface area contributed by atoms with Crippen LogP contribution in [-0.4, -0.2) is 54.2 Å². The highest BCUT2D eigenvalue weighted by Crippen LogP contribution is 2.34. The van der Waals surface area contributed by atoms with Crippen molar-refractivity contribution < 1.29 is 4.79 Å². The molecule has 2 heterocycles. The fraction of sp³-hybridized carbons (Fsp3) is 0.407. The zero-order chi connectivity index (χ0) is 22.6. The molecule has 0 radical (unpaired) electrons. The topological polar surface area (TPSA) is 64.3 Å². The molecule has 2 fully saturated rings. The van der Waals surface area contributed by atoms with Crippen molar-refractivity contribution in [2.24, 2.45) is 5.92 Å². The number of piperazine rings is 1. The Kier molecular flexibility index (Phi) is 6.44. The molecule has 0 atom stereocenters. The summed E-state index contributed by atoms with van der Waals surface area (Å²) in [7, 11) is 2.16. The van der Waals surface area contributed by atoms with Gasteiger partial charge in [0, 0.05) is 38.0 Å². The number of nitrogens with one attached hydrogen (secondary N) is 2. The summed E-state index contributed by atoms with van der Waals surface area (Å²) in [5.41, 5.74) is 4.98. The van der Waals surface area contributed by atoms with Gasteiger partial charge >= 0.3 is 0 Å². The van der Waals surface area contributed by atoms with Gasteiger partial charge in [0.1, 0.15) is 0 Å². The van der Waals surface area contributed by atoms with Crippen LogP contribution < -0.4 is 10.2 Å². The van der Waals surface area contributed by atoms with Crippen LogP contribution in [0.5, 0.6) is 0 Å². The lowest BCUT2D eigenvalue weighted by atomic mass is 10.0. The van der Waals surface area contributed by atoms with Crippen molar-refractivity contribution in [1.82, 2.24) is 15.1 Å². The van der Waals surface area contributed by atoms with Crippen LogP contribution in [0.4, 0.5) is 11.4 Å². The highest BCUT2D eigenvalue weighted by molar-refractivity contribution is 6.01. The van der Waals surface area contributed by atoms with Crippen LogP contribution in [0.1, 0.15) is 43.4 Å². The van der Waals surface area contributed by atoms with Crippen LogP contribution >= 0.6 is 0 Å². The van der Waals surface area contributed by atoms with E-state index >= 15 is 0 Å². The number of aromatic nitrogens is 2. The third kappa shape index (κ3) is 5.11. The van der Waals surface area contributed by atoms with Crippen LogP contribution in [-0.2, 0) is 4.79 Å². The molecule has 1 aliphatic carbocycles. The van der Waals surface area contributed by atoms with Crippen molar-refractivity contribution in [2.75, 3.05) is 43.4 Å². The van der Waals surface area contributed by atoms with Crippen molar-refractivity contribution in [2.45, 2.75) is 32.1 Å². The van der Waals surface area contributed by atoms with Crippen LogP contribution in [0.3, 0.4) is 0 Å². The quantitative estimate of drug-likeness (QED) is 0.562. The first-order valence-electron chi connectivity index (χ1n) is 12.1. The normalized spacial score (nSPS) is 17.9. The van der Waals surface area contributed by atoms with E-state index in [1.165, 1.54) is 25.7 Å². The van der Waals surface area contributed by atoms with Crippen molar-refractivity contribution >= 4 is 40.3 Å². The minimum atomic E-state index is 0.126. The average Bonchev–Trinajstić information content (AvgIpc) is 3.48. The maximum atomic E-state index is 13.0. The molecule has 172 valence electrons. The Labute approximate surface area is 195 Å². The largest absolute Gasteiger partial charge is 0.367 e. The second-order valence-electron chi connectivity index (χ2n) is 9.46. The second kappa shape index (κ2) is 9.79. The van der Waals surface area contributed by atoms with E-state index in [2.05, 4.69) is 62.7 Å². The van der Waals surface area contributed by atoms with E-state index in [9.17, 15) is 4.79 Å². The molecule has 0 bridgehead atoms. The van der Waals surface area contributed by atoms with E-state index in [1.54, 1.807) is 0 Å². The number of likely N-dealkylation sites (N-methyl/N-ethyl adjacent to an activating group) is 1. The Balaban J connectivity index is 1.45. The smallest absolute Gasteiger partial charge is 0.224 e. The number of benzene rings is 2. The average molecular weight is 444 g/mol. The third-order valence-corrected chi connectivity index (χ3v) is 7.01. The SMILES string of the molecule is CN1CCN(c2cc3[nH]nc(C=Cc4ccccc4)c3cc2NC(=O)CC2CCCC2)CC1. The Hall–Kier alpha value is -3.12. The standard InChI is InChI=1S/C27H33N5O/c1-31-13-15-32(16-14-31)26-19-24-22(18-25(26)28-27(33)17-21-9-5-6-10-21)23(29-30-24)12-11-20-7-3-2-4-8-20/h2-4,7-8,11-12,18-19,21H,5-6,9-10,13-17H2,1H3,(H,28,33)(H,29,30). The van der Waals surface area contributed by atoms with Crippen LogP contribution in [0.15, 0.2) is 42.5 Å². The number of hydrogen-bond donors (Lipinski definition) is 2. The van der Waals surface area contributed by atoms with Gasteiger partial charge in [0.25, 0.3) is 0 Å². The van der Waals surface area contributed by atoms with Crippen LogP contribution in [0, 0.1) is 5.92 Å². The molecule has 2 aliphatic rings. The fourth-order valence-electron chi connectivity index (χ4n) is 5.03. The summed E-state index contributed by atoms with van der Waals surface area (Å²) in [5.74, 6) is 0.653. The van der Waals surface area contributed by atoms with E-state index in [0.29, 0.717) is 12.3 Å². The fourth-order valence-corrected chi connectivity index (χ4v) is 5.03. The maximum absolute atomic E-state index is 13.0. The first-order valence-corrected chi connectivity index (χ1v) is 12.1. The van der Waals surface area contributed by atoms with E-state index in [1.807, 2.05) is 24.3 Å². The van der Waals surface area contributed by atoms with Gasteiger partial charge in [-0.15, -0.1) is 0 Å². The lowest BCUT2D eigenvalue weighted by Crippen LogP contribution is -2.44. The number of carbonyl (C=O) groups is 1. The summed E-state index contributed by atoms with van der Waals surface area (Å²) >= 11 is 0. The molecule has 2 aromatic carbocycles. The first-order chi connectivity index (χ1) is 16.2. The molecule has 1 amide bonds. The molecule has 1 saturated carbocycles. The number of hydrogen-bond acceptors (Lipinski definition) is 4. The second-order valence-corrected chi connectivity index (χ2v) is 9.46. The number of fused-ring (bicyclic) bond motifs is 1. The number of H-pyrrole nitrogens is 1. The van der Waals surface area contributed by atoms with E-state index in [4.69, 9.17) is 0 Å². The maximum Gasteiger partial charge on any atom is 0.224 e. The Morgan fingerprint density at radius 3 is 2.61 bits per heavy atom. The number of nitrogens with zero attached hydrogens (tertiary/aromatic N) is 3. The minimum absolute atomic E-state index is 0.126. The van der Waals surface area contributed by atoms with Crippen LogP contribution in [0.25, 0.3) is 23.1 Å². The number of rotatable bonds is 6. The van der Waals surface area contributed by atoms with Crippen molar-refractivity contribution in [3.8, 4) is 0 Å². The van der Waals surface area contributed by atoms with Gasteiger partial charge < -0.3 is 15.1 Å². The Bertz CT molecular complexity index is 1120. The van der Waals surface area contributed by atoms with Gasteiger partial charge in [-0.2, -0.15) is 5.10 Å². The van der Waals surface area contributed by atoms with E-state index in [-0.39, 0.29) is 5.91 Å². The zero-order valence-electron chi connectivity index (χ0n) is 19.4. The monoisotopic (exact) mass is 443 g/mol. The van der Waals surface area contributed by atoms with Gasteiger partial charge in [-0.05, 0) is 49.6 Å². The first kappa shape index (κ1) is 21.7. The van der Waals surface area contributed by atoms with Crippen molar-refractivity contribution in [3.63, 3.8) is 0 Å². The molecule has 6 heteroatoms. The molecule has 1 saturated heterocycles. The summed E-state index contributed by atoms with van der Waals surface area (Å²) in [4.78, 5) is 17.7. The molecule has 0 unspecified atom stereocenters. The summed E-state index contributed by atoms with van der Waals surface area (Å²) in [6, 6.07) is 14.5. The lowest BCUT2D eigenvalue weighted by molar-refractivity contribution is -0.117. The highest BCUT2D eigenvalue weighted by atomic mass is 16.1. The minimum Gasteiger partial charge on any atom is -0.367 e. The molecule has 0 spiro atoms. The summed E-state index contributed by atoms with van der Waals surface area (Å²) in [5, 5.41) is 12.1. The molecule has 33 heavy (non-hydrogen) atoms. The molecule has 2 N–H and O–H groups in total. The van der Waals surface area contributed by atoms with E-state index < -0.39 is 0 Å². The Morgan fingerprint density at radius 2 is 1.85 bits per heavy atom. The lowest BCUT2D eigenvalue weighted by Gasteiger charge is -2.35. The molecule has 6 nitrogen and oxygen atoms in total. The predicted octanol–water partition coefficient (Wildman–Crippen LogP) is 5.00. The summed E-state index contributed by atoms with van der Waals surface area (Å²) in [6.07, 6.45) is 9.58.